The second-order valence-electron chi connectivity index (χ2n) is 9.20. The molecule has 3 aromatic rings. The Morgan fingerprint density at radius 1 is 1.31 bits per heavy atom. The van der Waals surface area contributed by atoms with Gasteiger partial charge in [-0.05, 0) is 37.8 Å². The van der Waals surface area contributed by atoms with Gasteiger partial charge in [0, 0.05) is 24.5 Å². The molecule has 0 saturated carbocycles. The molecule has 0 radical (unpaired) electrons. The minimum Gasteiger partial charge on any atom is -0.464 e. The SMILES string of the molecule is CC[C@H](C)C(=O)Nc1c(C(=O)OC)n(C[C@H]2CCCO2)c2ncc(NCc3cccc(C)c3)cc12. The van der Waals surface area contributed by atoms with Crippen LogP contribution in [0.2, 0.25) is 0 Å². The predicted octanol–water partition coefficient (Wildman–Crippen LogP) is 4.91. The van der Waals surface area contributed by atoms with Crippen LogP contribution in [0.15, 0.2) is 36.5 Å². The Bertz CT molecular complexity index is 1210. The normalized spacial score (nSPS) is 16.3. The Balaban J connectivity index is 1.77. The molecule has 1 aliphatic heterocycles. The molecule has 8 heteroatoms. The van der Waals surface area contributed by atoms with Gasteiger partial charge < -0.3 is 24.7 Å². The molecule has 0 bridgehead atoms. The van der Waals surface area contributed by atoms with Gasteiger partial charge in [0.15, 0.2) is 5.69 Å². The number of nitrogens with zero attached hydrogens (tertiary/aromatic N) is 2. The van der Waals surface area contributed by atoms with Crippen LogP contribution in [0.5, 0.6) is 0 Å². The van der Waals surface area contributed by atoms with Crippen molar-refractivity contribution in [2.45, 2.75) is 59.2 Å². The smallest absolute Gasteiger partial charge is 0.356 e. The first-order valence-corrected chi connectivity index (χ1v) is 12.2. The molecule has 2 N–H and O–H groups in total. The number of esters is 1. The van der Waals surface area contributed by atoms with Gasteiger partial charge in [-0.2, -0.15) is 0 Å². The summed E-state index contributed by atoms with van der Waals surface area (Å²) in [7, 11) is 1.35. The van der Waals surface area contributed by atoms with Gasteiger partial charge in [-0.25, -0.2) is 9.78 Å². The summed E-state index contributed by atoms with van der Waals surface area (Å²) in [5.41, 5.74) is 4.48. The van der Waals surface area contributed by atoms with E-state index in [1.807, 2.05) is 30.5 Å². The van der Waals surface area contributed by atoms with Gasteiger partial charge >= 0.3 is 5.97 Å². The molecule has 0 spiro atoms. The number of ether oxygens (including phenoxy) is 2. The highest BCUT2D eigenvalue weighted by Gasteiger charge is 2.29. The maximum absolute atomic E-state index is 13.0. The Kier molecular flexibility index (Phi) is 7.70. The van der Waals surface area contributed by atoms with Crippen LogP contribution in [0.1, 0.15) is 54.7 Å². The van der Waals surface area contributed by atoms with Gasteiger partial charge in [-0.3, -0.25) is 4.79 Å². The number of hydrogen-bond donors (Lipinski definition) is 2. The van der Waals surface area contributed by atoms with Crippen molar-refractivity contribution in [2.75, 3.05) is 24.4 Å². The standard InChI is InChI=1S/C27H34N4O4/c1-5-18(3)26(32)30-23-22-13-20(28-14-19-9-6-8-17(2)12-19)15-29-25(22)31(24(23)27(33)34-4)16-21-10-7-11-35-21/h6,8-9,12-13,15,18,21,28H,5,7,10-11,14,16H2,1-4H3,(H,30,32)/t18-,21+/m0/s1. The van der Waals surface area contributed by atoms with Crippen LogP contribution in [0.25, 0.3) is 11.0 Å². The van der Waals surface area contributed by atoms with E-state index >= 15 is 0 Å². The first kappa shape index (κ1) is 24.7. The maximum Gasteiger partial charge on any atom is 0.356 e. The summed E-state index contributed by atoms with van der Waals surface area (Å²) in [4.78, 5) is 30.6. The number of rotatable bonds is 9. The second kappa shape index (κ2) is 10.9. The van der Waals surface area contributed by atoms with E-state index in [9.17, 15) is 9.59 Å². The van der Waals surface area contributed by atoms with Crippen molar-refractivity contribution in [1.29, 1.82) is 0 Å². The molecule has 35 heavy (non-hydrogen) atoms. The molecule has 1 saturated heterocycles. The fourth-order valence-electron chi connectivity index (χ4n) is 4.38. The molecule has 1 aliphatic rings. The third-order valence-electron chi connectivity index (χ3n) is 6.57. The van der Waals surface area contributed by atoms with Gasteiger partial charge in [0.05, 0.1) is 37.3 Å². The second-order valence-corrected chi connectivity index (χ2v) is 9.20. The average molecular weight is 479 g/mol. The first-order valence-electron chi connectivity index (χ1n) is 12.2. The van der Waals surface area contributed by atoms with Crippen molar-refractivity contribution >= 4 is 34.3 Å². The van der Waals surface area contributed by atoms with Crippen molar-refractivity contribution < 1.29 is 19.1 Å². The monoisotopic (exact) mass is 478 g/mol. The minimum atomic E-state index is -0.519. The lowest BCUT2D eigenvalue weighted by molar-refractivity contribution is -0.119. The Hall–Kier alpha value is -3.39. The van der Waals surface area contributed by atoms with E-state index in [4.69, 9.17) is 14.5 Å². The van der Waals surface area contributed by atoms with E-state index in [2.05, 4.69) is 35.8 Å². The van der Waals surface area contributed by atoms with E-state index in [1.54, 1.807) is 6.20 Å². The zero-order valence-electron chi connectivity index (χ0n) is 20.9. The summed E-state index contributed by atoms with van der Waals surface area (Å²) in [6, 6.07) is 10.2. The zero-order valence-corrected chi connectivity index (χ0v) is 20.9. The number of pyridine rings is 1. The van der Waals surface area contributed by atoms with Crippen LogP contribution in [0.3, 0.4) is 0 Å². The molecular weight excluding hydrogens is 444 g/mol. The Labute approximate surface area is 206 Å². The highest BCUT2D eigenvalue weighted by molar-refractivity contribution is 6.11. The van der Waals surface area contributed by atoms with Gasteiger partial charge in [0.1, 0.15) is 5.65 Å². The summed E-state index contributed by atoms with van der Waals surface area (Å²) in [5.74, 6) is -0.866. The van der Waals surface area contributed by atoms with Crippen LogP contribution < -0.4 is 10.6 Å². The number of aryl methyl sites for hydroxylation is 1. The lowest BCUT2D eigenvalue weighted by Crippen LogP contribution is -2.23. The van der Waals surface area contributed by atoms with Crippen LogP contribution in [0.4, 0.5) is 11.4 Å². The molecule has 1 fully saturated rings. The molecule has 1 amide bonds. The number of carbonyl (C=O) groups is 2. The van der Waals surface area contributed by atoms with Gasteiger partial charge in [0.2, 0.25) is 5.91 Å². The zero-order chi connectivity index (χ0) is 24.9. The highest BCUT2D eigenvalue weighted by Crippen LogP contribution is 2.34. The quantitative estimate of drug-likeness (QED) is 0.425. The van der Waals surface area contributed by atoms with Gasteiger partial charge in [-0.15, -0.1) is 0 Å². The number of methoxy groups -OCH3 is 1. The Morgan fingerprint density at radius 2 is 2.14 bits per heavy atom. The number of benzene rings is 1. The van der Waals surface area contributed by atoms with Crippen molar-refractivity contribution in [3.63, 3.8) is 0 Å². The molecule has 2 atom stereocenters. The average Bonchev–Trinajstić information content (AvgIpc) is 3.48. The summed E-state index contributed by atoms with van der Waals surface area (Å²) < 4.78 is 12.8. The maximum atomic E-state index is 13.0. The highest BCUT2D eigenvalue weighted by atomic mass is 16.5. The number of nitrogens with one attached hydrogen (secondary N) is 2. The minimum absolute atomic E-state index is 0.0203. The molecule has 3 heterocycles. The van der Waals surface area contributed by atoms with Crippen molar-refractivity contribution in [2.24, 2.45) is 5.92 Å². The van der Waals surface area contributed by atoms with E-state index in [0.29, 0.717) is 42.8 Å². The molecule has 8 nitrogen and oxygen atoms in total. The van der Waals surface area contributed by atoms with Crippen LogP contribution in [-0.2, 0) is 27.4 Å². The fraction of sp³-hybridized carbons (Fsp3) is 0.444. The van der Waals surface area contributed by atoms with Crippen molar-refractivity contribution in [3.8, 4) is 0 Å². The molecule has 4 rings (SSSR count). The number of amides is 1. The third-order valence-corrected chi connectivity index (χ3v) is 6.57. The number of anilines is 2. The van der Waals surface area contributed by atoms with E-state index in [1.165, 1.54) is 12.7 Å². The molecule has 0 aliphatic carbocycles. The fourth-order valence-corrected chi connectivity index (χ4v) is 4.38. The number of carbonyl (C=O) groups excluding carboxylic acids is 2. The number of fused-ring (bicyclic) bond motifs is 1. The summed E-state index contributed by atoms with van der Waals surface area (Å²) in [6.07, 6.45) is 4.31. The van der Waals surface area contributed by atoms with Gasteiger partial charge in [0.25, 0.3) is 0 Å². The molecule has 0 unspecified atom stereocenters. The summed E-state index contributed by atoms with van der Waals surface area (Å²) in [6.45, 7) is 7.68. The Morgan fingerprint density at radius 3 is 2.83 bits per heavy atom. The summed E-state index contributed by atoms with van der Waals surface area (Å²) in [5, 5.41) is 7.11. The van der Waals surface area contributed by atoms with E-state index < -0.39 is 5.97 Å². The van der Waals surface area contributed by atoms with Gasteiger partial charge in [-0.1, -0.05) is 43.7 Å². The van der Waals surface area contributed by atoms with Crippen LogP contribution in [0, 0.1) is 12.8 Å². The van der Waals surface area contributed by atoms with Crippen LogP contribution >= 0.6 is 0 Å². The van der Waals surface area contributed by atoms with E-state index in [-0.39, 0.29) is 23.6 Å². The summed E-state index contributed by atoms with van der Waals surface area (Å²) >= 11 is 0. The van der Waals surface area contributed by atoms with Crippen molar-refractivity contribution in [3.05, 3.63) is 53.3 Å². The predicted molar refractivity (Wildman–Crippen MR) is 137 cm³/mol. The lowest BCUT2D eigenvalue weighted by atomic mass is 10.1. The van der Waals surface area contributed by atoms with Crippen LogP contribution in [-0.4, -0.2) is 41.2 Å². The number of aromatic nitrogens is 2. The topological polar surface area (TPSA) is 94.5 Å². The van der Waals surface area contributed by atoms with Crippen molar-refractivity contribution in [1.82, 2.24) is 9.55 Å². The van der Waals surface area contributed by atoms with E-state index in [0.717, 1.165) is 24.1 Å². The number of hydrogen-bond acceptors (Lipinski definition) is 6. The molecule has 186 valence electrons. The molecular formula is C27H34N4O4. The molecule has 1 aromatic carbocycles. The first-order chi connectivity index (χ1) is 16.9. The lowest BCUT2D eigenvalue weighted by Gasteiger charge is -2.15. The largest absolute Gasteiger partial charge is 0.464 e. The molecule has 2 aromatic heterocycles. The third kappa shape index (κ3) is 5.48.